The highest BCUT2D eigenvalue weighted by atomic mass is 35.5. The van der Waals surface area contributed by atoms with E-state index in [-0.39, 0.29) is 11.9 Å². The van der Waals surface area contributed by atoms with Crippen LogP contribution in [0.2, 0.25) is 5.02 Å². The number of benzene rings is 1. The van der Waals surface area contributed by atoms with Gasteiger partial charge in [0.2, 0.25) is 5.91 Å². The third-order valence-electron chi connectivity index (χ3n) is 3.01. The first-order chi connectivity index (χ1) is 8.58. The lowest BCUT2D eigenvalue weighted by molar-refractivity contribution is -0.129. The molecule has 98 valence electrons. The molecule has 1 aromatic rings. The van der Waals surface area contributed by atoms with E-state index >= 15 is 0 Å². The summed E-state index contributed by atoms with van der Waals surface area (Å²) in [7, 11) is 0. The Morgan fingerprint density at radius 3 is 3.00 bits per heavy atom. The average molecular weight is 270 g/mol. The van der Waals surface area contributed by atoms with Crippen LogP contribution in [0.15, 0.2) is 18.2 Å². The van der Waals surface area contributed by atoms with Gasteiger partial charge >= 0.3 is 0 Å². The maximum Gasteiger partial charge on any atom is 0.237 e. The van der Waals surface area contributed by atoms with Gasteiger partial charge in [-0.1, -0.05) is 17.7 Å². The first-order valence-corrected chi connectivity index (χ1v) is 6.10. The molecule has 1 saturated heterocycles. The van der Waals surface area contributed by atoms with Crippen LogP contribution in [0.5, 0.6) is 0 Å². The number of hydrogen-bond donors (Lipinski definition) is 2. The molecule has 0 aromatic heterocycles. The van der Waals surface area contributed by atoms with Gasteiger partial charge in [0.15, 0.2) is 0 Å². The number of carbonyl (C=O) groups excluding carboxylic acids is 1. The molecule has 1 fully saturated rings. The van der Waals surface area contributed by atoms with Gasteiger partial charge in [-0.15, -0.1) is 0 Å². The van der Waals surface area contributed by atoms with E-state index in [1.54, 1.807) is 6.07 Å². The summed E-state index contributed by atoms with van der Waals surface area (Å²) in [6.07, 6.45) is 0. The molecule has 0 spiro atoms. The van der Waals surface area contributed by atoms with Crippen molar-refractivity contribution in [3.63, 3.8) is 0 Å². The predicted octanol–water partition coefficient (Wildman–Crippen LogP) is 0.608. The van der Waals surface area contributed by atoms with E-state index in [1.807, 2.05) is 17.0 Å². The number of hydrogen-bond acceptors (Lipinski definition) is 4. The number of ether oxygens (including phenoxy) is 1. The topological polar surface area (TPSA) is 81.6 Å². The van der Waals surface area contributed by atoms with Crippen LogP contribution in [0.4, 0.5) is 5.69 Å². The van der Waals surface area contributed by atoms with Crippen LogP contribution in [0.3, 0.4) is 0 Å². The summed E-state index contributed by atoms with van der Waals surface area (Å²) in [5, 5.41) is 0.534. The lowest BCUT2D eigenvalue weighted by Crippen LogP contribution is -2.51. The summed E-state index contributed by atoms with van der Waals surface area (Å²) in [6, 6.07) is 5.09. The number of nitrogens with two attached hydrogens (primary N) is 2. The summed E-state index contributed by atoms with van der Waals surface area (Å²) in [4.78, 5) is 13.3. The van der Waals surface area contributed by atoms with Gasteiger partial charge in [0.05, 0.1) is 23.9 Å². The summed E-state index contributed by atoms with van der Waals surface area (Å²) in [5.74, 6) is -0.364. The quantitative estimate of drug-likeness (QED) is 0.788. The fraction of sp³-hybridized carbons (Fsp3) is 0.417. The molecule has 1 heterocycles. The molecule has 2 rings (SSSR count). The Bertz CT molecular complexity index is 453. The SMILES string of the molecule is NC(=O)C1COCCN1Cc1ccc(Cl)c(N)c1. The normalized spacial score (nSPS) is 20.8. The largest absolute Gasteiger partial charge is 0.398 e. The summed E-state index contributed by atoms with van der Waals surface area (Å²) in [5.41, 5.74) is 12.7. The average Bonchev–Trinajstić information content (AvgIpc) is 2.34. The lowest BCUT2D eigenvalue weighted by Gasteiger charge is -2.33. The van der Waals surface area contributed by atoms with Crippen LogP contribution in [0, 0.1) is 0 Å². The smallest absolute Gasteiger partial charge is 0.237 e. The zero-order valence-corrected chi connectivity index (χ0v) is 10.7. The molecule has 0 aliphatic carbocycles. The van der Waals surface area contributed by atoms with Gasteiger partial charge in [0, 0.05) is 13.1 Å². The Hall–Kier alpha value is -1.30. The number of rotatable bonds is 3. The van der Waals surface area contributed by atoms with Crippen molar-refractivity contribution in [2.24, 2.45) is 5.73 Å². The van der Waals surface area contributed by atoms with Gasteiger partial charge in [0.1, 0.15) is 6.04 Å². The van der Waals surface area contributed by atoms with Crippen molar-refractivity contribution >= 4 is 23.2 Å². The van der Waals surface area contributed by atoms with Gasteiger partial charge in [-0.25, -0.2) is 0 Å². The number of primary amides is 1. The summed E-state index contributed by atoms with van der Waals surface area (Å²) in [6.45, 7) is 2.24. The van der Waals surface area contributed by atoms with E-state index in [9.17, 15) is 4.79 Å². The predicted molar refractivity (Wildman–Crippen MR) is 70.1 cm³/mol. The molecule has 1 atom stereocenters. The van der Waals surface area contributed by atoms with Gasteiger partial charge in [-0.3, -0.25) is 9.69 Å². The first-order valence-electron chi connectivity index (χ1n) is 5.73. The minimum atomic E-state index is -0.379. The standard InChI is InChI=1S/C12H16ClN3O2/c13-9-2-1-8(5-10(9)14)6-16-3-4-18-7-11(16)12(15)17/h1-2,5,11H,3-4,6-7,14H2,(H2,15,17). The van der Waals surface area contributed by atoms with E-state index in [0.29, 0.717) is 37.0 Å². The van der Waals surface area contributed by atoms with Gasteiger partial charge < -0.3 is 16.2 Å². The van der Waals surface area contributed by atoms with Crippen LogP contribution < -0.4 is 11.5 Å². The van der Waals surface area contributed by atoms with E-state index in [0.717, 1.165) is 5.56 Å². The van der Waals surface area contributed by atoms with Crippen LogP contribution in [-0.2, 0) is 16.1 Å². The monoisotopic (exact) mass is 269 g/mol. The zero-order valence-electron chi connectivity index (χ0n) is 9.93. The third-order valence-corrected chi connectivity index (χ3v) is 3.36. The molecule has 0 radical (unpaired) electrons. The minimum absolute atomic E-state index is 0.346. The van der Waals surface area contributed by atoms with E-state index in [1.165, 1.54) is 0 Å². The second-order valence-electron chi connectivity index (χ2n) is 4.32. The van der Waals surface area contributed by atoms with Crippen molar-refractivity contribution in [2.75, 3.05) is 25.5 Å². The number of nitrogen functional groups attached to an aromatic ring is 1. The summed E-state index contributed by atoms with van der Waals surface area (Å²) >= 11 is 5.87. The van der Waals surface area contributed by atoms with Crippen molar-refractivity contribution in [2.45, 2.75) is 12.6 Å². The lowest BCUT2D eigenvalue weighted by atomic mass is 10.1. The highest BCUT2D eigenvalue weighted by Gasteiger charge is 2.27. The summed E-state index contributed by atoms with van der Waals surface area (Å²) < 4.78 is 5.27. The Morgan fingerprint density at radius 1 is 1.56 bits per heavy atom. The Labute approximate surface area is 111 Å². The number of nitrogens with zero attached hydrogens (tertiary/aromatic N) is 1. The molecule has 1 aromatic carbocycles. The molecule has 1 amide bonds. The first kappa shape index (κ1) is 13.1. The molecule has 5 nitrogen and oxygen atoms in total. The van der Waals surface area contributed by atoms with Crippen molar-refractivity contribution < 1.29 is 9.53 Å². The van der Waals surface area contributed by atoms with Gasteiger partial charge in [-0.2, -0.15) is 0 Å². The molecule has 1 aliphatic rings. The highest BCUT2D eigenvalue weighted by molar-refractivity contribution is 6.33. The molecule has 6 heteroatoms. The molecule has 1 aliphatic heterocycles. The van der Waals surface area contributed by atoms with Crippen molar-refractivity contribution in [1.82, 2.24) is 4.90 Å². The molecule has 1 unspecified atom stereocenters. The second kappa shape index (κ2) is 5.56. The van der Waals surface area contributed by atoms with E-state index in [4.69, 9.17) is 27.8 Å². The fourth-order valence-corrected chi connectivity index (χ4v) is 2.13. The van der Waals surface area contributed by atoms with Crippen LogP contribution >= 0.6 is 11.6 Å². The Balaban J connectivity index is 2.10. The van der Waals surface area contributed by atoms with E-state index in [2.05, 4.69) is 0 Å². The molecule has 0 bridgehead atoms. The van der Waals surface area contributed by atoms with E-state index < -0.39 is 0 Å². The molecular weight excluding hydrogens is 254 g/mol. The maximum absolute atomic E-state index is 11.3. The second-order valence-corrected chi connectivity index (χ2v) is 4.73. The Morgan fingerprint density at radius 2 is 2.33 bits per heavy atom. The maximum atomic E-state index is 11.3. The number of carbonyl (C=O) groups is 1. The molecule has 0 saturated carbocycles. The minimum Gasteiger partial charge on any atom is -0.398 e. The van der Waals surface area contributed by atoms with Crippen molar-refractivity contribution in [3.8, 4) is 0 Å². The number of morpholine rings is 1. The fourth-order valence-electron chi connectivity index (χ4n) is 2.02. The number of halogens is 1. The Kier molecular flexibility index (Phi) is 4.06. The van der Waals surface area contributed by atoms with Gasteiger partial charge in [-0.05, 0) is 17.7 Å². The molecule has 18 heavy (non-hydrogen) atoms. The molecule has 4 N–H and O–H groups in total. The van der Waals surface area contributed by atoms with Crippen LogP contribution in [-0.4, -0.2) is 36.6 Å². The number of anilines is 1. The van der Waals surface area contributed by atoms with Crippen LogP contribution in [0.1, 0.15) is 5.56 Å². The number of amides is 1. The third kappa shape index (κ3) is 2.93. The highest BCUT2D eigenvalue weighted by Crippen LogP contribution is 2.21. The van der Waals surface area contributed by atoms with Crippen molar-refractivity contribution in [1.29, 1.82) is 0 Å². The van der Waals surface area contributed by atoms with Crippen LogP contribution in [0.25, 0.3) is 0 Å². The molecular formula is C12H16ClN3O2. The van der Waals surface area contributed by atoms with Gasteiger partial charge in [0.25, 0.3) is 0 Å². The van der Waals surface area contributed by atoms with Crippen molar-refractivity contribution in [3.05, 3.63) is 28.8 Å². The zero-order chi connectivity index (χ0) is 13.1.